The van der Waals surface area contributed by atoms with E-state index < -0.39 is 0 Å². The predicted molar refractivity (Wildman–Crippen MR) is 67.9 cm³/mol. The van der Waals surface area contributed by atoms with Crippen molar-refractivity contribution < 1.29 is 4.74 Å². The van der Waals surface area contributed by atoms with Crippen LogP contribution in [0.5, 0.6) is 5.75 Å². The summed E-state index contributed by atoms with van der Waals surface area (Å²) >= 11 is 9.64. The number of hydrogen-bond donors (Lipinski definition) is 0. The first-order chi connectivity index (χ1) is 7.63. The number of aromatic nitrogens is 2. The Balaban J connectivity index is 2.52. The van der Waals surface area contributed by atoms with Gasteiger partial charge in [-0.3, -0.25) is 0 Å². The molecule has 0 aliphatic heterocycles. The van der Waals surface area contributed by atoms with Crippen LogP contribution in [0.2, 0.25) is 5.02 Å². The zero-order chi connectivity index (χ0) is 11.7. The second-order valence-electron chi connectivity index (χ2n) is 3.34. The maximum absolute atomic E-state index is 6.17. The molecular weight excluding hydrogens is 291 g/mol. The summed E-state index contributed by atoms with van der Waals surface area (Å²) in [6, 6.07) is 5.54. The highest BCUT2D eigenvalue weighted by molar-refractivity contribution is 9.10. The van der Waals surface area contributed by atoms with Crippen LogP contribution in [0.25, 0.3) is 11.3 Å². The Bertz CT molecular complexity index is 525. The molecule has 1 heterocycles. The lowest BCUT2D eigenvalue weighted by Gasteiger charge is -2.05. The van der Waals surface area contributed by atoms with Crippen LogP contribution in [0.1, 0.15) is 0 Å². The number of aryl methyl sites for hydroxylation is 1. The van der Waals surface area contributed by atoms with E-state index in [4.69, 9.17) is 16.3 Å². The van der Waals surface area contributed by atoms with Crippen molar-refractivity contribution in [3.05, 3.63) is 34.2 Å². The summed E-state index contributed by atoms with van der Waals surface area (Å²) in [6.07, 6.45) is 1.74. The van der Waals surface area contributed by atoms with Crippen LogP contribution in [0.4, 0.5) is 0 Å². The summed E-state index contributed by atoms with van der Waals surface area (Å²) in [5.41, 5.74) is 1.71. The van der Waals surface area contributed by atoms with Crippen molar-refractivity contribution in [3.8, 4) is 17.0 Å². The smallest absolute Gasteiger partial charge is 0.120 e. The van der Waals surface area contributed by atoms with Gasteiger partial charge in [-0.2, -0.15) is 0 Å². The van der Waals surface area contributed by atoms with Crippen molar-refractivity contribution in [3.63, 3.8) is 0 Å². The van der Waals surface area contributed by atoms with Crippen molar-refractivity contribution in [1.82, 2.24) is 9.55 Å². The zero-order valence-corrected chi connectivity index (χ0v) is 11.2. The van der Waals surface area contributed by atoms with Crippen molar-refractivity contribution in [2.45, 2.75) is 0 Å². The van der Waals surface area contributed by atoms with Gasteiger partial charge in [0.2, 0.25) is 0 Å². The first-order valence-corrected chi connectivity index (χ1v) is 5.81. The maximum atomic E-state index is 6.17. The Morgan fingerprint density at radius 1 is 1.44 bits per heavy atom. The average Bonchev–Trinajstić information content (AvgIpc) is 2.60. The van der Waals surface area contributed by atoms with Crippen LogP contribution < -0.4 is 4.74 Å². The lowest BCUT2D eigenvalue weighted by atomic mass is 10.1. The van der Waals surface area contributed by atoms with Crippen LogP contribution in [0, 0.1) is 0 Å². The number of ether oxygens (including phenoxy) is 1. The molecule has 5 heteroatoms. The monoisotopic (exact) mass is 300 g/mol. The predicted octanol–water partition coefficient (Wildman–Crippen LogP) is 3.51. The van der Waals surface area contributed by atoms with Crippen LogP contribution in [0.15, 0.2) is 29.1 Å². The number of hydrogen-bond acceptors (Lipinski definition) is 2. The molecule has 0 radical (unpaired) electrons. The average molecular weight is 302 g/mol. The van der Waals surface area contributed by atoms with Crippen LogP contribution in [-0.4, -0.2) is 16.7 Å². The molecule has 0 amide bonds. The van der Waals surface area contributed by atoms with E-state index in [1.54, 1.807) is 19.5 Å². The van der Waals surface area contributed by atoms with Gasteiger partial charge in [-0.25, -0.2) is 4.98 Å². The molecule has 0 bridgehead atoms. The summed E-state index contributed by atoms with van der Waals surface area (Å²) in [5.74, 6) is 0.737. The maximum Gasteiger partial charge on any atom is 0.120 e. The molecule has 0 N–H and O–H groups in total. The van der Waals surface area contributed by atoms with Gasteiger partial charge in [-0.15, -0.1) is 0 Å². The second kappa shape index (κ2) is 4.47. The molecule has 2 aromatic rings. The molecule has 0 unspecified atom stereocenters. The lowest BCUT2D eigenvalue weighted by molar-refractivity contribution is 0.415. The minimum absolute atomic E-state index is 0.624. The number of nitrogens with zero attached hydrogens (tertiary/aromatic N) is 2. The van der Waals surface area contributed by atoms with Crippen molar-refractivity contribution in [1.29, 1.82) is 0 Å². The van der Waals surface area contributed by atoms with Gasteiger partial charge in [0.1, 0.15) is 16.0 Å². The quantitative estimate of drug-likeness (QED) is 0.849. The van der Waals surface area contributed by atoms with Gasteiger partial charge in [0.15, 0.2) is 0 Å². The largest absolute Gasteiger partial charge is 0.497 e. The molecule has 0 atom stereocenters. The first-order valence-electron chi connectivity index (χ1n) is 4.64. The van der Waals surface area contributed by atoms with Crippen LogP contribution in [-0.2, 0) is 7.05 Å². The fourth-order valence-electron chi connectivity index (χ4n) is 1.41. The van der Waals surface area contributed by atoms with Gasteiger partial charge >= 0.3 is 0 Å². The third-order valence-corrected chi connectivity index (χ3v) is 3.54. The molecule has 0 saturated heterocycles. The molecule has 1 aromatic carbocycles. The lowest BCUT2D eigenvalue weighted by Crippen LogP contribution is -1.87. The second-order valence-corrected chi connectivity index (χ2v) is 4.50. The number of imidazole rings is 1. The van der Waals surface area contributed by atoms with Gasteiger partial charge in [-0.05, 0) is 34.1 Å². The molecule has 0 fully saturated rings. The molecule has 2 rings (SSSR count). The normalized spacial score (nSPS) is 10.5. The number of halogens is 2. The van der Waals surface area contributed by atoms with E-state index in [1.807, 2.05) is 23.7 Å². The minimum atomic E-state index is 0.624. The van der Waals surface area contributed by atoms with Crippen molar-refractivity contribution in [2.75, 3.05) is 7.11 Å². The van der Waals surface area contributed by atoms with Crippen molar-refractivity contribution in [2.24, 2.45) is 7.05 Å². The van der Waals surface area contributed by atoms with Gasteiger partial charge in [0.25, 0.3) is 0 Å². The van der Waals surface area contributed by atoms with E-state index in [-0.39, 0.29) is 0 Å². The molecular formula is C11H10BrClN2O. The molecule has 0 aliphatic rings. The van der Waals surface area contributed by atoms with Gasteiger partial charge < -0.3 is 9.30 Å². The first kappa shape index (κ1) is 11.5. The molecule has 0 saturated carbocycles. The Morgan fingerprint density at radius 2 is 2.19 bits per heavy atom. The summed E-state index contributed by atoms with van der Waals surface area (Å²) in [6.45, 7) is 0. The Morgan fingerprint density at radius 3 is 2.69 bits per heavy atom. The highest BCUT2D eigenvalue weighted by atomic mass is 79.9. The Kier molecular flexibility index (Phi) is 3.21. The SMILES string of the molecule is COc1ccc(-c2ncn(C)c2Br)c(Cl)c1. The highest BCUT2D eigenvalue weighted by Crippen LogP contribution is 2.34. The number of benzene rings is 1. The van der Waals surface area contributed by atoms with E-state index in [2.05, 4.69) is 20.9 Å². The summed E-state index contributed by atoms with van der Waals surface area (Å²) in [7, 11) is 3.53. The molecule has 1 aromatic heterocycles. The molecule has 0 spiro atoms. The number of methoxy groups -OCH3 is 1. The van der Waals surface area contributed by atoms with Crippen LogP contribution in [0.3, 0.4) is 0 Å². The van der Waals surface area contributed by atoms with Gasteiger partial charge in [-0.1, -0.05) is 11.6 Å². The third kappa shape index (κ3) is 1.95. The standard InChI is InChI=1S/C11H10BrClN2O/c1-15-6-14-10(11(15)12)8-4-3-7(16-2)5-9(8)13/h3-6H,1-2H3. The molecule has 0 aliphatic carbocycles. The van der Waals surface area contributed by atoms with E-state index in [1.165, 1.54) is 0 Å². The zero-order valence-electron chi connectivity index (χ0n) is 8.87. The topological polar surface area (TPSA) is 27.1 Å². The van der Waals surface area contributed by atoms with Crippen molar-refractivity contribution >= 4 is 27.5 Å². The Hall–Kier alpha value is -1.00. The third-order valence-electron chi connectivity index (χ3n) is 2.30. The molecule has 16 heavy (non-hydrogen) atoms. The molecule has 84 valence electrons. The summed E-state index contributed by atoms with van der Waals surface area (Å²) < 4.78 is 7.89. The fraction of sp³-hybridized carbons (Fsp3) is 0.182. The molecule has 3 nitrogen and oxygen atoms in total. The van der Waals surface area contributed by atoms with Gasteiger partial charge in [0.05, 0.1) is 18.5 Å². The number of rotatable bonds is 2. The summed E-state index contributed by atoms with van der Waals surface area (Å²) in [4.78, 5) is 4.29. The van der Waals surface area contributed by atoms with Crippen LogP contribution >= 0.6 is 27.5 Å². The van der Waals surface area contributed by atoms with E-state index in [9.17, 15) is 0 Å². The van der Waals surface area contributed by atoms with E-state index in [0.717, 1.165) is 21.6 Å². The fourth-order valence-corrected chi connectivity index (χ4v) is 2.08. The Labute approximate surface area is 107 Å². The minimum Gasteiger partial charge on any atom is -0.497 e. The van der Waals surface area contributed by atoms with Gasteiger partial charge in [0, 0.05) is 12.6 Å². The van der Waals surface area contributed by atoms with E-state index >= 15 is 0 Å². The van der Waals surface area contributed by atoms with E-state index in [0.29, 0.717) is 5.02 Å². The highest BCUT2D eigenvalue weighted by Gasteiger charge is 2.12. The summed E-state index contributed by atoms with van der Waals surface area (Å²) in [5, 5.41) is 0.624.